The van der Waals surface area contributed by atoms with E-state index in [9.17, 15) is 4.79 Å². The lowest BCUT2D eigenvalue weighted by atomic mass is 10.2. The van der Waals surface area contributed by atoms with Crippen molar-refractivity contribution < 1.29 is 0 Å². The van der Waals surface area contributed by atoms with Crippen LogP contribution in [0.4, 0.5) is 0 Å². The number of nitrogens with zero attached hydrogens (tertiary/aromatic N) is 2. The van der Waals surface area contributed by atoms with Gasteiger partial charge in [-0.15, -0.1) is 0 Å². The van der Waals surface area contributed by atoms with Crippen molar-refractivity contribution in [2.75, 3.05) is 14.1 Å². The molecule has 0 amide bonds. The highest BCUT2D eigenvalue weighted by atomic mass is 16.1. The number of aromatic amines is 1. The van der Waals surface area contributed by atoms with Gasteiger partial charge in [-0.25, -0.2) is 0 Å². The molecule has 1 rings (SSSR count). The number of pyridine rings is 1. The maximum absolute atomic E-state index is 11.2. The molecule has 14 heavy (non-hydrogen) atoms. The summed E-state index contributed by atoms with van der Waals surface area (Å²) in [4.78, 5) is 15.6. The normalized spacial score (nSPS) is 10.1. The first kappa shape index (κ1) is 10.1. The van der Waals surface area contributed by atoms with E-state index in [2.05, 4.69) is 4.98 Å². The van der Waals surface area contributed by atoms with Crippen LogP contribution in [0.1, 0.15) is 11.3 Å². The number of rotatable bonds is 2. The molecule has 0 aromatic carbocycles. The van der Waals surface area contributed by atoms with E-state index >= 15 is 0 Å². The molecule has 0 radical (unpaired) electrons. The average Bonchev–Trinajstić information content (AvgIpc) is 2.15. The van der Waals surface area contributed by atoms with Crippen LogP contribution in [0.5, 0.6) is 0 Å². The summed E-state index contributed by atoms with van der Waals surface area (Å²) in [6, 6.07) is 5.01. The first-order chi connectivity index (χ1) is 6.63. The van der Waals surface area contributed by atoms with Crippen molar-refractivity contribution >= 4 is 6.08 Å². The quantitative estimate of drug-likeness (QED) is 0.747. The molecule has 0 saturated carbocycles. The Kier molecular flexibility index (Phi) is 3.08. The Morgan fingerprint density at radius 1 is 1.50 bits per heavy atom. The second kappa shape index (κ2) is 4.28. The summed E-state index contributed by atoms with van der Waals surface area (Å²) in [6.45, 7) is 0. The van der Waals surface area contributed by atoms with Crippen LogP contribution in [0.2, 0.25) is 0 Å². The lowest BCUT2D eigenvalue weighted by Crippen LogP contribution is -2.10. The molecule has 0 aliphatic rings. The van der Waals surface area contributed by atoms with Gasteiger partial charge >= 0.3 is 0 Å². The van der Waals surface area contributed by atoms with E-state index < -0.39 is 0 Å². The molecule has 0 fully saturated rings. The van der Waals surface area contributed by atoms with E-state index in [1.54, 1.807) is 12.1 Å². The minimum Gasteiger partial charge on any atom is -0.383 e. The van der Waals surface area contributed by atoms with Crippen molar-refractivity contribution in [2.45, 2.75) is 0 Å². The van der Waals surface area contributed by atoms with Crippen molar-refractivity contribution in [3.63, 3.8) is 0 Å². The fourth-order valence-electron chi connectivity index (χ4n) is 0.904. The topological polar surface area (TPSA) is 59.9 Å². The fourth-order valence-corrected chi connectivity index (χ4v) is 0.904. The summed E-state index contributed by atoms with van der Waals surface area (Å²) in [5.74, 6) is 0. The number of nitrogens with one attached hydrogen (secondary N) is 1. The number of nitriles is 1. The summed E-state index contributed by atoms with van der Waals surface area (Å²) in [5, 5.41) is 8.53. The van der Waals surface area contributed by atoms with Gasteiger partial charge in [-0.3, -0.25) is 4.79 Å². The first-order valence-corrected chi connectivity index (χ1v) is 4.11. The van der Waals surface area contributed by atoms with Crippen LogP contribution in [0.25, 0.3) is 6.08 Å². The maximum atomic E-state index is 11.2. The lowest BCUT2D eigenvalue weighted by molar-refractivity contribution is 0.567. The highest BCUT2D eigenvalue weighted by Crippen LogP contribution is 1.97. The molecule has 0 saturated heterocycles. The largest absolute Gasteiger partial charge is 0.383 e. The Morgan fingerprint density at radius 3 is 2.71 bits per heavy atom. The number of aromatic nitrogens is 1. The van der Waals surface area contributed by atoms with E-state index in [0.717, 1.165) is 0 Å². The third-order valence-electron chi connectivity index (χ3n) is 1.60. The number of hydrogen-bond donors (Lipinski definition) is 1. The molecule has 4 nitrogen and oxygen atoms in total. The van der Waals surface area contributed by atoms with Gasteiger partial charge < -0.3 is 9.88 Å². The van der Waals surface area contributed by atoms with E-state index in [4.69, 9.17) is 5.26 Å². The van der Waals surface area contributed by atoms with Crippen LogP contribution in [0.15, 0.2) is 23.1 Å². The molecule has 0 spiro atoms. The molecule has 0 unspecified atom stereocenters. The minimum absolute atomic E-state index is 0.131. The zero-order valence-corrected chi connectivity index (χ0v) is 8.11. The molecule has 1 heterocycles. The van der Waals surface area contributed by atoms with E-state index in [1.807, 2.05) is 31.3 Å². The number of hydrogen-bond acceptors (Lipinski definition) is 3. The third-order valence-corrected chi connectivity index (χ3v) is 1.60. The van der Waals surface area contributed by atoms with Crippen LogP contribution in [-0.4, -0.2) is 24.0 Å². The predicted molar refractivity (Wildman–Crippen MR) is 54.5 cm³/mol. The van der Waals surface area contributed by atoms with E-state index in [1.165, 1.54) is 6.07 Å². The molecular formula is C10H11N3O. The van der Waals surface area contributed by atoms with Crippen molar-refractivity contribution in [3.05, 3.63) is 39.9 Å². The molecule has 0 atom stereocenters. The smallest absolute Gasteiger partial charge is 0.266 e. The fraction of sp³-hybridized carbons (Fsp3) is 0.200. The second-order valence-corrected chi connectivity index (χ2v) is 3.05. The lowest BCUT2D eigenvalue weighted by Gasteiger charge is -2.02. The molecule has 0 aliphatic heterocycles. The van der Waals surface area contributed by atoms with Gasteiger partial charge in [-0.1, -0.05) is 0 Å². The molecular weight excluding hydrogens is 178 g/mol. The summed E-state index contributed by atoms with van der Waals surface area (Å²) >= 11 is 0. The highest BCUT2D eigenvalue weighted by Gasteiger charge is 1.96. The van der Waals surface area contributed by atoms with Gasteiger partial charge in [-0.05, 0) is 18.2 Å². The molecule has 1 aromatic rings. The van der Waals surface area contributed by atoms with Gasteiger partial charge in [0.2, 0.25) is 0 Å². The average molecular weight is 189 g/mol. The van der Waals surface area contributed by atoms with Gasteiger partial charge in [0.05, 0.1) is 0 Å². The van der Waals surface area contributed by atoms with Gasteiger partial charge in [0.1, 0.15) is 11.6 Å². The molecule has 0 aliphatic carbocycles. The van der Waals surface area contributed by atoms with Crippen LogP contribution in [0.3, 0.4) is 0 Å². The third kappa shape index (κ3) is 2.49. The standard InChI is InChI=1S/C10H11N3O/c1-13(2)6-5-9-4-3-8(7-11)10(14)12-9/h3-6H,1-2H3,(H,12,14)/b6-5+. The molecule has 0 bridgehead atoms. The zero-order chi connectivity index (χ0) is 10.6. The summed E-state index contributed by atoms with van der Waals surface area (Å²) in [7, 11) is 3.77. The monoisotopic (exact) mass is 189 g/mol. The molecule has 1 N–H and O–H groups in total. The number of H-pyrrole nitrogens is 1. The van der Waals surface area contributed by atoms with Crippen molar-refractivity contribution in [1.82, 2.24) is 9.88 Å². The first-order valence-electron chi connectivity index (χ1n) is 4.11. The SMILES string of the molecule is CN(C)/C=C/c1ccc(C#N)c(=O)[nH]1. The van der Waals surface area contributed by atoms with Gasteiger partial charge in [0.25, 0.3) is 5.56 Å². The summed E-state index contributed by atoms with van der Waals surface area (Å²) in [5.41, 5.74) is 0.461. The summed E-state index contributed by atoms with van der Waals surface area (Å²) in [6.07, 6.45) is 3.58. The van der Waals surface area contributed by atoms with Crippen LogP contribution in [0, 0.1) is 11.3 Å². The van der Waals surface area contributed by atoms with E-state index in [0.29, 0.717) is 5.69 Å². The molecule has 4 heteroatoms. The Balaban J connectivity index is 3.00. The Hall–Kier alpha value is -2.02. The predicted octanol–water partition coefficient (Wildman–Crippen LogP) is 0.779. The molecule has 1 aromatic heterocycles. The highest BCUT2D eigenvalue weighted by molar-refractivity contribution is 5.45. The second-order valence-electron chi connectivity index (χ2n) is 3.05. The Morgan fingerprint density at radius 2 is 2.21 bits per heavy atom. The van der Waals surface area contributed by atoms with Crippen molar-refractivity contribution in [3.8, 4) is 6.07 Å². The van der Waals surface area contributed by atoms with Crippen LogP contribution >= 0.6 is 0 Å². The zero-order valence-electron chi connectivity index (χ0n) is 8.11. The molecule has 72 valence electrons. The van der Waals surface area contributed by atoms with Gasteiger partial charge in [-0.2, -0.15) is 5.26 Å². The van der Waals surface area contributed by atoms with Gasteiger partial charge in [0, 0.05) is 26.0 Å². The minimum atomic E-state index is -0.353. The summed E-state index contributed by atoms with van der Waals surface area (Å²) < 4.78 is 0. The maximum Gasteiger partial charge on any atom is 0.266 e. The van der Waals surface area contributed by atoms with Crippen LogP contribution < -0.4 is 5.56 Å². The van der Waals surface area contributed by atoms with Gasteiger partial charge in [0.15, 0.2) is 0 Å². The Bertz CT molecular complexity index is 437. The Labute approximate surface area is 82.1 Å². The van der Waals surface area contributed by atoms with Crippen LogP contribution in [-0.2, 0) is 0 Å². The van der Waals surface area contributed by atoms with Crippen molar-refractivity contribution in [1.29, 1.82) is 5.26 Å². The van der Waals surface area contributed by atoms with Crippen molar-refractivity contribution in [2.24, 2.45) is 0 Å². The van der Waals surface area contributed by atoms with E-state index in [-0.39, 0.29) is 11.1 Å².